The number of hydrogen-bond donors (Lipinski definition) is 1. The highest BCUT2D eigenvalue weighted by Crippen LogP contribution is 2.33. The van der Waals surface area contributed by atoms with E-state index in [0.717, 1.165) is 17.7 Å². The number of hydrogen-bond acceptors (Lipinski definition) is 2. The average Bonchev–Trinajstić information content (AvgIpc) is 2.29. The van der Waals surface area contributed by atoms with Crippen LogP contribution < -0.4 is 10.1 Å². The zero-order valence-electron chi connectivity index (χ0n) is 9.13. The molecule has 1 N–H and O–H groups in total. The van der Waals surface area contributed by atoms with Crippen LogP contribution >= 0.6 is 11.6 Å². The van der Waals surface area contributed by atoms with Crippen LogP contribution in [-0.2, 0) is 4.79 Å². The summed E-state index contributed by atoms with van der Waals surface area (Å²) in [6.45, 7) is 2.47. The van der Waals surface area contributed by atoms with Crippen molar-refractivity contribution in [2.24, 2.45) is 0 Å². The van der Waals surface area contributed by atoms with Gasteiger partial charge in [0, 0.05) is 23.4 Å². The second-order valence-corrected chi connectivity index (χ2v) is 4.23. The Morgan fingerprint density at radius 3 is 3.19 bits per heavy atom. The zero-order valence-corrected chi connectivity index (χ0v) is 9.88. The van der Waals surface area contributed by atoms with E-state index < -0.39 is 0 Å². The predicted molar refractivity (Wildman–Crippen MR) is 62.7 cm³/mol. The van der Waals surface area contributed by atoms with Gasteiger partial charge in [0.2, 0.25) is 5.91 Å². The predicted octanol–water partition coefficient (Wildman–Crippen LogP) is 2.69. The van der Waals surface area contributed by atoms with Crippen molar-refractivity contribution >= 4 is 17.5 Å². The lowest BCUT2D eigenvalue weighted by Gasteiger charge is -2.26. The molecule has 16 heavy (non-hydrogen) atoms. The largest absolute Gasteiger partial charge is 0.493 e. The highest BCUT2D eigenvalue weighted by molar-refractivity contribution is 6.30. The highest BCUT2D eigenvalue weighted by Gasteiger charge is 2.22. The lowest BCUT2D eigenvalue weighted by Crippen LogP contribution is -2.31. The first-order chi connectivity index (χ1) is 7.70. The van der Waals surface area contributed by atoms with Crippen LogP contribution in [0.25, 0.3) is 0 Å². The number of rotatable bonds is 2. The average molecular weight is 240 g/mol. The van der Waals surface area contributed by atoms with Crippen LogP contribution in [0.4, 0.5) is 0 Å². The van der Waals surface area contributed by atoms with Crippen molar-refractivity contribution in [3.05, 3.63) is 28.8 Å². The number of fused-ring (bicyclic) bond motifs is 1. The summed E-state index contributed by atoms with van der Waals surface area (Å²) in [7, 11) is 0. The van der Waals surface area contributed by atoms with E-state index in [1.807, 2.05) is 19.1 Å². The molecule has 0 fully saturated rings. The summed E-state index contributed by atoms with van der Waals surface area (Å²) in [5, 5.41) is 3.64. The van der Waals surface area contributed by atoms with Crippen LogP contribution in [0.1, 0.15) is 31.4 Å². The Balaban J connectivity index is 2.24. The summed E-state index contributed by atoms with van der Waals surface area (Å²) < 4.78 is 5.51. The van der Waals surface area contributed by atoms with Gasteiger partial charge in [-0.1, -0.05) is 18.5 Å². The Labute approximate surface area is 99.7 Å². The van der Waals surface area contributed by atoms with E-state index in [1.165, 1.54) is 0 Å². The van der Waals surface area contributed by atoms with Crippen LogP contribution in [0, 0.1) is 0 Å². The second kappa shape index (κ2) is 4.74. The molecule has 1 aromatic carbocycles. The number of benzene rings is 1. The van der Waals surface area contributed by atoms with Crippen LogP contribution in [0.5, 0.6) is 5.75 Å². The molecular formula is C12H14ClNO2. The van der Waals surface area contributed by atoms with Gasteiger partial charge in [-0.05, 0) is 18.2 Å². The quantitative estimate of drug-likeness (QED) is 0.862. The number of carbonyl (C=O) groups is 1. The lowest BCUT2D eigenvalue weighted by atomic mass is 10.0. The molecule has 1 unspecified atom stereocenters. The van der Waals surface area contributed by atoms with Crippen molar-refractivity contribution in [2.45, 2.75) is 25.8 Å². The molecule has 0 saturated carbocycles. The Bertz CT molecular complexity index is 406. The van der Waals surface area contributed by atoms with Crippen molar-refractivity contribution in [1.29, 1.82) is 0 Å². The Morgan fingerprint density at radius 1 is 1.62 bits per heavy atom. The molecule has 2 rings (SSSR count). The van der Waals surface area contributed by atoms with Crippen molar-refractivity contribution < 1.29 is 9.53 Å². The molecule has 3 nitrogen and oxygen atoms in total. The van der Waals surface area contributed by atoms with Gasteiger partial charge in [0.05, 0.1) is 12.6 Å². The maximum Gasteiger partial charge on any atom is 0.220 e. The fourth-order valence-electron chi connectivity index (χ4n) is 1.81. The molecule has 1 aliphatic heterocycles. The first-order valence-corrected chi connectivity index (χ1v) is 5.80. The first-order valence-electron chi connectivity index (χ1n) is 5.42. The van der Waals surface area contributed by atoms with Crippen LogP contribution in [0.2, 0.25) is 5.02 Å². The molecule has 1 heterocycles. The Hall–Kier alpha value is -1.22. The topological polar surface area (TPSA) is 38.3 Å². The SMILES string of the molecule is CCC(=O)NC1CCOc2ccc(Cl)cc21. The molecule has 0 radical (unpaired) electrons. The number of nitrogens with one attached hydrogen (secondary N) is 1. The normalized spacial score (nSPS) is 18.5. The Morgan fingerprint density at radius 2 is 2.44 bits per heavy atom. The van der Waals surface area contributed by atoms with Crippen LogP contribution in [0.3, 0.4) is 0 Å². The van der Waals surface area contributed by atoms with Gasteiger partial charge in [-0.25, -0.2) is 0 Å². The molecule has 1 aliphatic rings. The highest BCUT2D eigenvalue weighted by atomic mass is 35.5. The summed E-state index contributed by atoms with van der Waals surface area (Å²) in [6.07, 6.45) is 1.28. The van der Waals surface area contributed by atoms with Gasteiger partial charge in [-0.15, -0.1) is 0 Å². The van der Waals surface area contributed by atoms with Gasteiger partial charge in [-0.2, -0.15) is 0 Å². The fraction of sp³-hybridized carbons (Fsp3) is 0.417. The third kappa shape index (κ3) is 2.30. The fourth-order valence-corrected chi connectivity index (χ4v) is 1.99. The van der Waals surface area contributed by atoms with E-state index in [4.69, 9.17) is 16.3 Å². The van der Waals surface area contributed by atoms with Crippen molar-refractivity contribution in [1.82, 2.24) is 5.32 Å². The molecule has 0 spiro atoms. The summed E-state index contributed by atoms with van der Waals surface area (Å²) in [5.41, 5.74) is 0.973. The first kappa shape index (κ1) is 11.3. The molecule has 1 amide bonds. The number of halogens is 1. The smallest absolute Gasteiger partial charge is 0.220 e. The summed E-state index contributed by atoms with van der Waals surface area (Å²) in [5.74, 6) is 0.870. The molecule has 0 saturated heterocycles. The standard InChI is InChI=1S/C12H14ClNO2/c1-2-12(15)14-10-5-6-16-11-4-3-8(13)7-9(10)11/h3-4,7,10H,2,5-6H2,1H3,(H,14,15). The van der Waals surface area contributed by atoms with Crippen molar-refractivity contribution in [2.75, 3.05) is 6.61 Å². The van der Waals surface area contributed by atoms with Gasteiger partial charge in [-0.3, -0.25) is 4.79 Å². The van der Waals surface area contributed by atoms with Gasteiger partial charge in [0.1, 0.15) is 5.75 Å². The third-order valence-corrected chi connectivity index (χ3v) is 2.90. The van der Waals surface area contributed by atoms with Crippen molar-refractivity contribution in [3.63, 3.8) is 0 Å². The van der Waals surface area contributed by atoms with E-state index in [9.17, 15) is 4.79 Å². The van der Waals surface area contributed by atoms with Gasteiger partial charge < -0.3 is 10.1 Å². The molecule has 1 atom stereocenters. The van der Waals surface area contributed by atoms with Crippen molar-refractivity contribution in [3.8, 4) is 5.75 Å². The number of ether oxygens (including phenoxy) is 1. The monoisotopic (exact) mass is 239 g/mol. The van der Waals surface area contributed by atoms with E-state index in [1.54, 1.807) is 6.07 Å². The van der Waals surface area contributed by atoms with E-state index in [-0.39, 0.29) is 11.9 Å². The molecule has 0 aliphatic carbocycles. The minimum Gasteiger partial charge on any atom is -0.493 e. The zero-order chi connectivity index (χ0) is 11.5. The van der Waals surface area contributed by atoms with Gasteiger partial charge >= 0.3 is 0 Å². The molecular weight excluding hydrogens is 226 g/mol. The molecule has 86 valence electrons. The molecule has 0 aromatic heterocycles. The maximum atomic E-state index is 11.4. The summed E-state index contributed by atoms with van der Waals surface area (Å²) in [6, 6.07) is 5.53. The Kier molecular flexibility index (Phi) is 3.34. The second-order valence-electron chi connectivity index (χ2n) is 3.79. The van der Waals surface area contributed by atoms with E-state index in [2.05, 4.69) is 5.32 Å². The number of carbonyl (C=O) groups excluding carboxylic acids is 1. The molecule has 0 bridgehead atoms. The lowest BCUT2D eigenvalue weighted by molar-refractivity contribution is -0.121. The van der Waals surface area contributed by atoms with Crippen LogP contribution in [0.15, 0.2) is 18.2 Å². The van der Waals surface area contributed by atoms with Crippen LogP contribution in [-0.4, -0.2) is 12.5 Å². The number of amides is 1. The van der Waals surface area contributed by atoms with E-state index in [0.29, 0.717) is 18.1 Å². The minimum absolute atomic E-state index is 0.0231. The minimum atomic E-state index is 0.0231. The third-order valence-electron chi connectivity index (χ3n) is 2.67. The van der Waals surface area contributed by atoms with E-state index >= 15 is 0 Å². The summed E-state index contributed by atoms with van der Waals surface area (Å²) in [4.78, 5) is 11.4. The molecule has 1 aromatic rings. The summed E-state index contributed by atoms with van der Waals surface area (Å²) >= 11 is 5.94. The maximum absolute atomic E-state index is 11.4. The van der Waals surface area contributed by atoms with Gasteiger partial charge in [0.25, 0.3) is 0 Å². The van der Waals surface area contributed by atoms with Gasteiger partial charge in [0.15, 0.2) is 0 Å². The molecule has 4 heteroatoms.